The van der Waals surface area contributed by atoms with Gasteiger partial charge in [-0.15, -0.1) is 0 Å². The Balaban J connectivity index is 1.44. The Labute approximate surface area is 168 Å². The van der Waals surface area contributed by atoms with E-state index < -0.39 is 6.10 Å². The van der Waals surface area contributed by atoms with Crippen LogP contribution in [0.4, 0.5) is 0 Å². The summed E-state index contributed by atoms with van der Waals surface area (Å²) in [4.78, 5) is 0. The quantitative estimate of drug-likeness (QED) is 0.624. The first kappa shape index (κ1) is 20.0. The Hall–Kier alpha value is -1.76. The minimum atomic E-state index is -0.624. The topological polar surface area (TPSA) is 60.0 Å². The summed E-state index contributed by atoms with van der Waals surface area (Å²) in [5.74, 6) is 1.98. The van der Waals surface area contributed by atoms with Crippen LogP contribution in [0.15, 0.2) is 46.9 Å². The van der Waals surface area contributed by atoms with Crippen molar-refractivity contribution in [2.24, 2.45) is 0 Å². The maximum absolute atomic E-state index is 10.4. The van der Waals surface area contributed by atoms with Gasteiger partial charge in [0.1, 0.15) is 18.5 Å². The maximum atomic E-state index is 10.4. The van der Waals surface area contributed by atoms with Gasteiger partial charge in [-0.2, -0.15) is 0 Å². The minimum absolute atomic E-state index is 0.0800. The molecule has 0 aromatic heterocycles. The van der Waals surface area contributed by atoms with Gasteiger partial charge in [-0.05, 0) is 48.2 Å². The van der Waals surface area contributed by atoms with Crippen molar-refractivity contribution in [3.8, 4) is 17.2 Å². The number of aliphatic hydroxyl groups excluding tert-OH is 1. The predicted molar refractivity (Wildman–Crippen MR) is 109 cm³/mol. The zero-order valence-electron chi connectivity index (χ0n) is 15.7. The summed E-state index contributed by atoms with van der Waals surface area (Å²) in [6.45, 7) is 4.52. The molecular weight excluding hydrogens is 410 g/mol. The smallest absolute Gasteiger partial charge is 0.231 e. The first-order valence-corrected chi connectivity index (χ1v) is 10.0. The summed E-state index contributed by atoms with van der Waals surface area (Å²) >= 11 is 3.46. The second-order valence-corrected chi connectivity index (χ2v) is 7.75. The average molecular weight is 436 g/mol. The van der Waals surface area contributed by atoms with E-state index in [-0.39, 0.29) is 19.4 Å². The van der Waals surface area contributed by atoms with E-state index >= 15 is 0 Å². The standard InChI is InChI=1S/C21H26BrNO4/c1-14(8-9-16-6-4-3-5-7-16)23-15(2)18(24)12-25-19-11-21-20(10-17(19)22)26-13-27-21/h3-7,10-11,14-15,18,23-24H,8-9,12-13H2,1-2H3. The second-order valence-electron chi connectivity index (χ2n) is 6.89. The summed E-state index contributed by atoms with van der Waals surface area (Å²) in [5, 5.41) is 13.9. The van der Waals surface area contributed by atoms with E-state index in [9.17, 15) is 5.11 Å². The van der Waals surface area contributed by atoms with E-state index in [1.807, 2.05) is 19.1 Å². The van der Waals surface area contributed by atoms with Crippen molar-refractivity contribution >= 4 is 15.9 Å². The van der Waals surface area contributed by atoms with Gasteiger partial charge in [0.15, 0.2) is 11.5 Å². The van der Waals surface area contributed by atoms with Crippen LogP contribution in [0.25, 0.3) is 0 Å². The number of benzene rings is 2. The fourth-order valence-corrected chi connectivity index (χ4v) is 3.44. The number of rotatable bonds is 9. The lowest BCUT2D eigenvalue weighted by Crippen LogP contribution is -2.45. The number of hydrogen-bond donors (Lipinski definition) is 2. The van der Waals surface area contributed by atoms with Gasteiger partial charge in [0.25, 0.3) is 0 Å². The van der Waals surface area contributed by atoms with Gasteiger partial charge in [-0.1, -0.05) is 30.3 Å². The summed E-state index contributed by atoms with van der Waals surface area (Å²) < 4.78 is 17.3. The number of aliphatic hydroxyl groups is 1. The second kappa shape index (κ2) is 9.44. The van der Waals surface area contributed by atoms with E-state index in [2.05, 4.69) is 52.4 Å². The molecule has 0 aliphatic carbocycles. The van der Waals surface area contributed by atoms with Crippen molar-refractivity contribution in [1.82, 2.24) is 5.32 Å². The van der Waals surface area contributed by atoms with Crippen LogP contribution in [0.5, 0.6) is 17.2 Å². The lowest BCUT2D eigenvalue weighted by atomic mass is 10.0. The highest BCUT2D eigenvalue weighted by Gasteiger charge is 2.20. The molecule has 0 saturated carbocycles. The number of hydrogen-bond acceptors (Lipinski definition) is 5. The SMILES string of the molecule is CC(CCc1ccccc1)NC(C)C(O)COc1cc2c(cc1Br)OCO2. The summed E-state index contributed by atoms with van der Waals surface area (Å²) in [6, 6.07) is 14.2. The van der Waals surface area contributed by atoms with Crippen LogP contribution in [0.2, 0.25) is 0 Å². The van der Waals surface area contributed by atoms with Gasteiger partial charge in [0, 0.05) is 24.2 Å². The number of fused-ring (bicyclic) bond motifs is 1. The van der Waals surface area contributed by atoms with Crippen molar-refractivity contribution < 1.29 is 19.3 Å². The number of ether oxygens (including phenoxy) is 3. The Morgan fingerprint density at radius 3 is 2.59 bits per heavy atom. The molecule has 0 fully saturated rings. The van der Waals surface area contributed by atoms with E-state index in [1.165, 1.54) is 5.56 Å². The van der Waals surface area contributed by atoms with Crippen LogP contribution in [-0.4, -0.2) is 36.7 Å². The highest BCUT2D eigenvalue weighted by atomic mass is 79.9. The third kappa shape index (κ3) is 5.61. The fourth-order valence-electron chi connectivity index (χ4n) is 3.00. The Morgan fingerprint density at radius 2 is 1.85 bits per heavy atom. The number of nitrogens with one attached hydrogen (secondary N) is 1. The molecule has 2 N–H and O–H groups in total. The molecule has 146 valence electrons. The largest absolute Gasteiger partial charge is 0.489 e. The van der Waals surface area contributed by atoms with Gasteiger partial charge >= 0.3 is 0 Å². The van der Waals surface area contributed by atoms with Crippen LogP contribution in [0.3, 0.4) is 0 Å². The van der Waals surface area contributed by atoms with Gasteiger partial charge in [0.05, 0.1) is 4.47 Å². The molecule has 0 radical (unpaired) electrons. The lowest BCUT2D eigenvalue weighted by Gasteiger charge is -2.25. The van der Waals surface area contributed by atoms with Crippen molar-refractivity contribution in [1.29, 1.82) is 0 Å². The molecule has 2 aromatic carbocycles. The van der Waals surface area contributed by atoms with E-state index in [0.29, 0.717) is 23.3 Å². The monoisotopic (exact) mass is 435 g/mol. The first-order chi connectivity index (χ1) is 13.0. The molecule has 5 nitrogen and oxygen atoms in total. The number of halogens is 1. The first-order valence-electron chi connectivity index (χ1n) is 9.23. The number of aryl methyl sites for hydroxylation is 1. The Bertz CT molecular complexity index is 740. The lowest BCUT2D eigenvalue weighted by molar-refractivity contribution is 0.0744. The van der Waals surface area contributed by atoms with Gasteiger partial charge in [-0.25, -0.2) is 0 Å². The molecule has 1 aliphatic heterocycles. The normalized spacial score (nSPS) is 16.0. The summed E-state index contributed by atoms with van der Waals surface area (Å²) in [7, 11) is 0. The van der Waals surface area contributed by atoms with Crippen molar-refractivity contribution in [2.45, 2.75) is 44.9 Å². The molecule has 2 aromatic rings. The fraction of sp³-hybridized carbons (Fsp3) is 0.429. The van der Waals surface area contributed by atoms with E-state index in [1.54, 1.807) is 6.07 Å². The van der Waals surface area contributed by atoms with E-state index in [0.717, 1.165) is 17.3 Å². The molecule has 27 heavy (non-hydrogen) atoms. The zero-order chi connectivity index (χ0) is 19.2. The van der Waals surface area contributed by atoms with Crippen LogP contribution in [0, 0.1) is 0 Å². The Morgan fingerprint density at radius 1 is 1.15 bits per heavy atom. The van der Waals surface area contributed by atoms with Crippen LogP contribution in [-0.2, 0) is 6.42 Å². The van der Waals surface area contributed by atoms with Crippen LogP contribution in [0.1, 0.15) is 25.8 Å². The highest BCUT2D eigenvalue weighted by molar-refractivity contribution is 9.10. The molecule has 0 spiro atoms. The molecule has 3 unspecified atom stereocenters. The molecule has 1 aliphatic rings. The van der Waals surface area contributed by atoms with Crippen molar-refractivity contribution in [3.05, 3.63) is 52.5 Å². The van der Waals surface area contributed by atoms with Gasteiger partial charge in [-0.3, -0.25) is 0 Å². The van der Waals surface area contributed by atoms with Crippen LogP contribution < -0.4 is 19.5 Å². The van der Waals surface area contributed by atoms with Gasteiger partial charge in [0.2, 0.25) is 6.79 Å². The molecule has 1 heterocycles. The molecule has 0 amide bonds. The maximum Gasteiger partial charge on any atom is 0.231 e. The van der Waals surface area contributed by atoms with Crippen molar-refractivity contribution in [2.75, 3.05) is 13.4 Å². The molecule has 3 rings (SSSR count). The van der Waals surface area contributed by atoms with Crippen LogP contribution >= 0.6 is 15.9 Å². The molecule has 6 heteroatoms. The summed E-state index contributed by atoms with van der Waals surface area (Å²) in [5.41, 5.74) is 1.33. The minimum Gasteiger partial charge on any atom is -0.489 e. The molecule has 0 bridgehead atoms. The molecule has 3 atom stereocenters. The van der Waals surface area contributed by atoms with Gasteiger partial charge < -0.3 is 24.6 Å². The zero-order valence-corrected chi connectivity index (χ0v) is 17.2. The predicted octanol–water partition coefficient (Wildman–Crippen LogP) is 3.92. The van der Waals surface area contributed by atoms with Crippen molar-refractivity contribution in [3.63, 3.8) is 0 Å². The summed E-state index contributed by atoms with van der Waals surface area (Å²) in [6.07, 6.45) is 1.40. The highest BCUT2D eigenvalue weighted by Crippen LogP contribution is 2.40. The average Bonchev–Trinajstić information content (AvgIpc) is 3.12. The molecule has 0 saturated heterocycles. The Kier molecular flexibility index (Phi) is 6.99. The third-order valence-corrected chi connectivity index (χ3v) is 5.29. The third-order valence-electron chi connectivity index (χ3n) is 4.67. The molecular formula is C21H26BrNO4. The van der Waals surface area contributed by atoms with E-state index in [4.69, 9.17) is 14.2 Å².